The molecule has 0 atom stereocenters. The fourth-order valence-electron chi connectivity index (χ4n) is 0.828. The van der Waals surface area contributed by atoms with Gasteiger partial charge in [-0.2, -0.15) is 5.26 Å². The van der Waals surface area contributed by atoms with Crippen molar-refractivity contribution in [3.05, 3.63) is 0 Å². The highest BCUT2D eigenvalue weighted by atomic mass is 17.1. The lowest BCUT2D eigenvalue weighted by Crippen LogP contribution is -2.29. The molecule has 0 fully saturated rings. The van der Waals surface area contributed by atoms with Crippen LogP contribution in [0, 0.1) is 0 Å². The molecule has 13 heavy (non-hydrogen) atoms. The molecule has 4 N–H and O–H groups in total. The van der Waals surface area contributed by atoms with E-state index in [0.29, 0.717) is 13.0 Å². The Morgan fingerprint density at radius 1 is 1.31 bits per heavy atom. The van der Waals surface area contributed by atoms with Gasteiger partial charge < -0.3 is 15.9 Å². The maximum Gasteiger partial charge on any atom is 0.342 e. The molecule has 2 amide bonds. The number of rotatable bonds is 6. The minimum Gasteiger partial charge on any atom is -0.352 e. The molecule has 0 saturated carbocycles. The van der Waals surface area contributed by atoms with Crippen LogP contribution in [0.5, 0.6) is 0 Å². The summed E-state index contributed by atoms with van der Waals surface area (Å²) < 4.78 is 0. The van der Waals surface area contributed by atoms with E-state index in [1.54, 1.807) is 0 Å². The normalized spacial score (nSPS) is 9.31. The third kappa shape index (κ3) is 8.61. The van der Waals surface area contributed by atoms with Crippen molar-refractivity contribution in [2.75, 3.05) is 6.54 Å². The number of hydrogen-bond donors (Lipinski definition) is 3. The second kappa shape index (κ2) is 7.35. The molecule has 0 bridgehead atoms. The standard InChI is InChI=1S/C7H14N2O4/c8-7(11)9-5-3-1-2-4-6(10)13-12/h12H,1-5H2,(H3,8,9,11). The summed E-state index contributed by atoms with van der Waals surface area (Å²) in [6.45, 7) is 0.503. The van der Waals surface area contributed by atoms with Gasteiger partial charge in [0.2, 0.25) is 0 Å². The van der Waals surface area contributed by atoms with Gasteiger partial charge in [0.15, 0.2) is 0 Å². The maximum absolute atomic E-state index is 10.4. The summed E-state index contributed by atoms with van der Waals surface area (Å²) in [5.74, 6) is -0.636. The van der Waals surface area contributed by atoms with E-state index in [2.05, 4.69) is 10.2 Å². The van der Waals surface area contributed by atoms with E-state index in [0.717, 1.165) is 12.8 Å². The molecule has 76 valence electrons. The van der Waals surface area contributed by atoms with E-state index >= 15 is 0 Å². The average molecular weight is 190 g/mol. The lowest BCUT2D eigenvalue weighted by Gasteiger charge is -2.00. The Morgan fingerprint density at radius 2 is 2.00 bits per heavy atom. The predicted molar refractivity (Wildman–Crippen MR) is 44.8 cm³/mol. The van der Waals surface area contributed by atoms with Gasteiger partial charge >= 0.3 is 12.0 Å². The van der Waals surface area contributed by atoms with Crippen molar-refractivity contribution in [2.24, 2.45) is 5.73 Å². The van der Waals surface area contributed by atoms with Crippen LogP contribution >= 0.6 is 0 Å². The molecule has 0 aliphatic carbocycles. The highest BCUT2D eigenvalue weighted by Crippen LogP contribution is 1.99. The molecule has 0 heterocycles. The Labute approximate surface area is 76.0 Å². The Hall–Kier alpha value is -1.30. The van der Waals surface area contributed by atoms with Crippen molar-refractivity contribution < 1.29 is 19.7 Å². The number of carbonyl (C=O) groups is 2. The van der Waals surface area contributed by atoms with E-state index in [1.165, 1.54) is 0 Å². The molecule has 0 saturated heterocycles. The number of urea groups is 1. The van der Waals surface area contributed by atoms with E-state index in [9.17, 15) is 9.59 Å². The first-order chi connectivity index (χ1) is 6.16. The summed E-state index contributed by atoms with van der Waals surface area (Å²) in [5, 5.41) is 10.3. The fraction of sp³-hybridized carbons (Fsp3) is 0.714. The Kier molecular flexibility index (Phi) is 6.62. The zero-order chi connectivity index (χ0) is 10.1. The summed E-state index contributed by atoms with van der Waals surface area (Å²) in [7, 11) is 0. The number of amides is 2. The minimum absolute atomic E-state index is 0.188. The summed E-state index contributed by atoms with van der Waals surface area (Å²) in [6.07, 6.45) is 2.34. The molecule has 0 rings (SSSR count). The molecule has 0 spiro atoms. The van der Waals surface area contributed by atoms with E-state index in [-0.39, 0.29) is 6.42 Å². The van der Waals surface area contributed by atoms with Gasteiger partial charge in [-0.05, 0) is 12.8 Å². The zero-order valence-electron chi connectivity index (χ0n) is 7.28. The molecule has 0 unspecified atom stereocenters. The van der Waals surface area contributed by atoms with Crippen LogP contribution < -0.4 is 11.1 Å². The van der Waals surface area contributed by atoms with E-state index in [1.807, 2.05) is 0 Å². The Balaban J connectivity index is 3.08. The lowest BCUT2D eigenvalue weighted by molar-refractivity contribution is -0.234. The van der Waals surface area contributed by atoms with Crippen LogP contribution in [0.25, 0.3) is 0 Å². The molecule has 0 aromatic carbocycles. The molecular formula is C7H14N2O4. The third-order valence-electron chi connectivity index (χ3n) is 1.46. The van der Waals surface area contributed by atoms with Gasteiger partial charge in [-0.3, -0.25) is 0 Å². The number of carbonyl (C=O) groups excluding carboxylic acids is 2. The molecule has 0 aliphatic heterocycles. The van der Waals surface area contributed by atoms with Crippen molar-refractivity contribution >= 4 is 12.0 Å². The molecule has 0 aliphatic rings. The first kappa shape index (κ1) is 11.7. The lowest BCUT2D eigenvalue weighted by atomic mass is 10.2. The van der Waals surface area contributed by atoms with Crippen molar-refractivity contribution in [3.8, 4) is 0 Å². The smallest absolute Gasteiger partial charge is 0.342 e. The van der Waals surface area contributed by atoms with Crippen LogP contribution in [-0.4, -0.2) is 23.8 Å². The van der Waals surface area contributed by atoms with Gasteiger partial charge in [-0.1, -0.05) is 6.42 Å². The largest absolute Gasteiger partial charge is 0.352 e. The van der Waals surface area contributed by atoms with Gasteiger partial charge in [0.1, 0.15) is 0 Å². The first-order valence-electron chi connectivity index (χ1n) is 4.04. The topological polar surface area (TPSA) is 102 Å². The van der Waals surface area contributed by atoms with Gasteiger partial charge in [0, 0.05) is 13.0 Å². The summed E-state index contributed by atoms with van der Waals surface area (Å²) in [5.41, 5.74) is 4.82. The highest BCUT2D eigenvalue weighted by molar-refractivity contribution is 5.71. The SMILES string of the molecule is NC(=O)NCCCCCC(=O)OO. The van der Waals surface area contributed by atoms with Crippen LogP contribution in [0.3, 0.4) is 0 Å². The molecule has 6 nitrogen and oxygen atoms in total. The number of nitrogens with one attached hydrogen (secondary N) is 1. The third-order valence-corrected chi connectivity index (χ3v) is 1.46. The molecule has 6 heteroatoms. The van der Waals surface area contributed by atoms with Gasteiger partial charge in [-0.25, -0.2) is 9.59 Å². The Bertz CT molecular complexity index is 172. The molecule has 0 aromatic heterocycles. The van der Waals surface area contributed by atoms with Gasteiger partial charge in [0.25, 0.3) is 0 Å². The summed E-state index contributed by atoms with van der Waals surface area (Å²) in [4.78, 5) is 24.0. The maximum atomic E-state index is 10.4. The summed E-state index contributed by atoms with van der Waals surface area (Å²) in [6, 6.07) is -0.547. The molecular weight excluding hydrogens is 176 g/mol. The van der Waals surface area contributed by atoms with Crippen molar-refractivity contribution in [1.29, 1.82) is 0 Å². The van der Waals surface area contributed by atoms with Crippen LogP contribution in [0.2, 0.25) is 0 Å². The van der Waals surface area contributed by atoms with Crippen molar-refractivity contribution in [1.82, 2.24) is 5.32 Å². The van der Waals surface area contributed by atoms with Crippen LogP contribution in [-0.2, 0) is 9.68 Å². The highest BCUT2D eigenvalue weighted by Gasteiger charge is 2.00. The number of primary amides is 1. The Morgan fingerprint density at radius 3 is 2.54 bits per heavy atom. The quantitative estimate of drug-likeness (QED) is 0.317. The zero-order valence-corrected chi connectivity index (χ0v) is 7.28. The van der Waals surface area contributed by atoms with Crippen LogP contribution in [0.1, 0.15) is 25.7 Å². The number of hydrogen-bond acceptors (Lipinski definition) is 4. The van der Waals surface area contributed by atoms with Crippen LogP contribution in [0.15, 0.2) is 0 Å². The van der Waals surface area contributed by atoms with Crippen LogP contribution in [0.4, 0.5) is 4.79 Å². The number of unbranched alkanes of at least 4 members (excludes halogenated alkanes) is 2. The monoisotopic (exact) mass is 190 g/mol. The second-order valence-electron chi connectivity index (χ2n) is 2.56. The van der Waals surface area contributed by atoms with E-state index in [4.69, 9.17) is 11.0 Å². The predicted octanol–water partition coefficient (Wildman–Crippen LogP) is 0.231. The van der Waals surface area contributed by atoms with Crippen molar-refractivity contribution in [2.45, 2.75) is 25.7 Å². The summed E-state index contributed by atoms with van der Waals surface area (Å²) >= 11 is 0. The molecule has 0 aromatic rings. The van der Waals surface area contributed by atoms with Crippen molar-refractivity contribution in [3.63, 3.8) is 0 Å². The first-order valence-corrected chi connectivity index (χ1v) is 4.04. The minimum atomic E-state index is -0.636. The van der Waals surface area contributed by atoms with Gasteiger partial charge in [-0.15, -0.1) is 0 Å². The second-order valence-corrected chi connectivity index (χ2v) is 2.56. The molecule has 0 radical (unpaired) electrons. The average Bonchev–Trinajstić information content (AvgIpc) is 2.10. The fourth-order valence-corrected chi connectivity index (χ4v) is 0.828. The number of nitrogens with two attached hydrogens (primary N) is 1. The van der Waals surface area contributed by atoms with E-state index < -0.39 is 12.0 Å². The van der Waals surface area contributed by atoms with Gasteiger partial charge in [0.05, 0.1) is 0 Å².